The number of aromatic nitrogens is 1. The van der Waals surface area contributed by atoms with Crippen molar-refractivity contribution in [1.29, 1.82) is 0 Å². The number of pyridine rings is 1. The fraction of sp³-hybridized carbons (Fsp3) is 0.333. The van der Waals surface area contributed by atoms with E-state index in [2.05, 4.69) is 10.6 Å². The van der Waals surface area contributed by atoms with Crippen LogP contribution < -0.4 is 16.2 Å². The number of hydrogen-bond donors (Lipinski definition) is 3. The summed E-state index contributed by atoms with van der Waals surface area (Å²) in [5, 5.41) is 18.0. The summed E-state index contributed by atoms with van der Waals surface area (Å²) in [6, 6.07) is 14.5. The Hall–Kier alpha value is -3.23. The van der Waals surface area contributed by atoms with Gasteiger partial charge in [0.2, 0.25) is 0 Å². The first kappa shape index (κ1) is 24.4. The zero-order valence-corrected chi connectivity index (χ0v) is 20.1. The number of β-amino-alcohol motifs (C(OH)–C–C–N with tert-alkyl or cyclic N) is 1. The van der Waals surface area contributed by atoms with Crippen molar-refractivity contribution in [1.82, 2.24) is 9.47 Å². The van der Waals surface area contributed by atoms with Crippen LogP contribution in [0.3, 0.4) is 0 Å². The van der Waals surface area contributed by atoms with Crippen molar-refractivity contribution < 1.29 is 14.6 Å². The lowest BCUT2D eigenvalue weighted by Gasteiger charge is -2.36. The number of methoxy groups -OCH3 is 1. The van der Waals surface area contributed by atoms with E-state index in [4.69, 9.17) is 16.3 Å². The second-order valence-corrected chi connectivity index (χ2v) is 8.99. The summed E-state index contributed by atoms with van der Waals surface area (Å²) in [6.45, 7) is 5.40. The topological polar surface area (TPSA) is 95.8 Å². The quantitative estimate of drug-likeness (QED) is 0.463. The number of carbonyl (C=O) groups excluding carboxylic acids is 1. The Bertz CT molecular complexity index is 1210. The number of halogens is 1. The van der Waals surface area contributed by atoms with Crippen molar-refractivity contribution in [3.8, 4) is 5.69 Å². The van der Waals surface area contributed by atoms with Crippen LogP contribution in [0.2, 0.25) is 5.02 Å². The van der Waals surface area contributed by atoms with Crippen LogP contribution in [0.4, 0.5) is 16.2 Å². The Labute approximate surface area is 197 Å². The lowest BCUT2D eigenvalue weighted by atomic mass is 10.1. The van der Waals surface area contributed by atoms with Crippen LogP contribution in [-0.4, -0.2) is 53.1 Å². The molecule has 8 nitrogen and oxygen atoms in total. The van der Waals surface area contributed by atoms with Crippen LogP contribution in [0.25, 0.3) is 16.6 Å². The highest BCUT2D eigenvalue weighted by Crippen LogP contribution is 2.32. The van der Waals surface area contributed by atoms with Crippen molar-refractivity contribution in [3.05, 3.63) is 63.9 Å². The highest BCUT2D eigenvalue weighted by molar-refractivity contribution is 6.31. The molecular formula is C24H29ClN4O4. The minimum atomic E-state index is -1.24. The molecule has 176 valence electrons. The summed E-state index contributed by atoms with van der Waals surface area (Å²) < 4.78 is 6.40. The van der Waals surface area contributed by atoms with Crippen molar-refractivity contribution >= 4 is 40.0 Å². The molecule has 3 N–H and O–H groups in total. The van der Waals surface area contributed by atoms with E-state index in [0.29, 0.717) is 21.9 Å². The Morgan fingerprint density at radius 3 is 2.42 bits per heavy atom. The van der Waals surface area contributed by atoms with Crippen LogP contribution >= 0.6 is 11.6 Å². The summed E-state index contributed by atoms with van der Waals surface area (Å²) in [6.07, 6.45) is -1.82. The van der Waals surface area contributed by atoms with Crippen LogP contribution in [0, 0.1) is 0 Å². The maximum atomic E-state index is 13.7. The number of nitrogens with zero attached hydrogens (tertiary/aromatic N) is 2. The SMILES string of the molecule is CNc1c(NC(O)CN(C(=O)OC)C(C)(C)C)c(=O)n(-c2ccccc2)c2cc(Cl)ccc12. The number of aliphatic hydroxyl groups is 1. The summed E-state index contributed by atoms with van der Waals surface area (Å²) >= 11 is 6.25. The van der Waals surface area contributed by atoms with Gasteiger partial charge in [-0.3, -0.25) is 14.3 Å². The number of para-hydroxylation sites is 1. The molecule has 33 heavy (non-hydrogen) atoms. The van der Waals surface area contributed by atoms with E-state index in [-0.39, 0.29) is 17.8 Å². The van der Waals surface area contributed by atoms with E-state index >= 15 is 0 Å². The van der Waals surface area contributed by atoms with Gasteiger partial charge in [0.25, 0.3) is 5.56 Å². The van der Waals surface area contributed by atoms with Gasteiger partial charge in [0.05, 0.1) is 24.9 Å². The molecule has 1 heterocycles. The van der Waals surface area contributed by atoms with E-state index in [0.717, 1.165) is 5.39 Å². The van der Waals surface area contributed by atoms with Crippen LogP contribution in [0.15, 0.2) is 53.3 Å². The first-order chi connectivity index (χ1) is 15.6. The molecule has 0 fully saturated rings. The molecule has 3 rings (SSSR count). The van der Waals surface area contributed by atoms with Gasteiger partial charge in [-0.2, -0.15) is 0 Å². The first-order valence-corrected chi connectivity index (χ1v) is 10.9. The molecule has 0 aliphatic rings. The summed E-state index contributed by atoms with van der Waals surface area (Å²) in [4.78, 5) is 27.3. The summed E-state index contributed by atoms with van der Waals surface area (Å²) in [7, 11) is 2.98. The maximum absolute atomic E-state index is 13.7. The van der Waals surface area contributed by atoms with Crippen LogP contribution in [-0.2, 0) is 4.74 Å². The second kappa shape index (κ2) is 9.72. The minimum absolute atomic E-state index is 0.0945. The number of ether oxygens (including phenoxy) is 1. The van der Waals surface area contributed by atoms with Gasteiger partial charge in [0, 0.05) is 28.7 Å². The molecule has 1 amide bonds. The number of benzene rings is 2. The molecule has 0 spiro atoms. The number of rotatable bonds is 6. The highest BCUT2D eigenvalue weighted by atomic mass is 35.5. The number of fused-ring (bicyclic) bond motifs is 1. The van der Waals surface area contributed by atoms with Gasteiger partial charge in [0.1, 0.15) is 11.9 Å². The van der Waals surface area contributed by atoms with Gasteiger partial charge < -0.3 is 20.5 Å². The van der Waals surface area contributed by atoms with Crippen molar-refractivity contribution in [2.75, 3.05) is 31.3 Å². The number of anilines is 2. The Morgan fingerprint density at radius 2 is 1.85 bits per heavy atom. The molecule has 0 saturated carbocycles. The monoisotopic (exact) mass is 472 g/mol. The van der Waals surface area contributed by atoms with Crippen LogP contribution in [0.5, 0.6) is 0 Å². The highest BCUT2D eigenvalue weighted by Gasteiger charge is 2.30. The molecule has 0 aliphatic heterocycles. The van der Waals surface area contributed by atoms with Gasteiger partial charge in [0.15, 0.2) is 0 Å². The second-order valence-electron chi connectivity index (χ2n) is 8.55. The molecular weight excluding hydrogens is 444 g/mol. The van der Waals surface area contributed by atoms with E-state index in [9.17, 15) is 14.7 Å². The number of hydrogen-bond acceptors (Lipinski definition) is 6. The molecule has 1 atom stereocenters. The number of carbonyl (C=O) groups is 1. The van der Waals surface area contributed by atoms with Gasteiger partial charge in [-0.25, -0.2) is 4.79 Å². The zero-order chi connectivity index (χ0) is 24.3. The smallest absolute Gasteiger partial charge is 0.410 e. The Kier molecular flexibility index (Phi) is 7.19. The van der Waals surface area contributed by atoms with E-state index in [1.165, 1.54) is 12.0 Å². The molecule has 1 aromatic heterocycles. The van der Waals surface area contributed by atoms with Crippen molar-refractivity contribution in [3.63, 3.8) is 0 Å². The van der Waals surface area contributed by atoms with Gasteiger partial charge in [-0.05, 0) is 51.1 Å². The number of aliphatic hydroxyl groups excluding tert-OH is 1. The average molecular weight is 473 g/mol. The molecule has 1 unspecified atom stereocenters. The fourth-order valence-corrected chi connectivity index (χ4v) is 3.87. The third-order valence-corrected chi connectivity index (χ3v) is 5.51. The molecule has 3 aromatic rings. The predicted octanol–water partition coefficient (Wildman–Crippen LogP) is 4.28. The molecule has 0 bridgehead atoms. The molecule has 0 saturated heterocycles. The zero-order valence-electron chi connectivity index (χ0n) is 19.3. The number of nitrogens with one attached hydrogen (secondary N) is 2. The Balaban J connectivity index is 2.15. The standard InChI is InChI=1S/C24H29ClN4O4/c1-24(2,3)28(23(32)33-5)14-19(30)27-21-20(26-4)17-12-11-15(25)13-18(17)29(22(21)31)16-9-7-6-8-10-16/h6-13,19,26-27,30H,14H2,1-5H3. The predicted molar refractivity (Wildman–Crippen MR) is 133 cm³/mol. The van der Waals surface area contributed by atoms with Gasteiger partial charge in [-0.1, -0.05) is 29.8 Å². The first-order valence-electron chi connectivity index (χ1n) is 10.5. The van der Waals surface area contributed by atoms with Crippen molar-refractivity contribution in [2.24, 2.45) is 0 Å². The van der Waals surface area contributed by atoms with Crippen molar-refractivity contribution in [2.45, 2.75) is 32.5 Å². The molecule has 0 aliphatic carbocycles. The number of amides is 1. The van der Waals surface area contributed by atoms with Gasteiger partial charge in [-0.15, -0.1) is 0 Å². The molecule has 0 radical (unpaired) electrons. The maximum Gasteiger partial charge on any atom is 0.410 e. The van der Waals surface area contributed by atoms with E-state index in [1.807, 2.05) is 57.2 Å². The summed E-state index contributed by atoms with van der Waals surface area (Å²) in [5.41, 5.74) is 0.974. The van der Waals surface area contributed by atoms with E-state index < -0.39 is 17.9 Å². The summed E-state index contributed by atoms with van der Waals surface area (Å²) in [5.74, 6) is 0. The minimum Gasteiger partial charge on any atom is -0.453 e. The fourth-order valence-electron chi connectivity index (χ4n) is 3.71. The third-order valence-electron chi connectivity index (χ3n) is 5.27. The lowest BCUT2D eigenvalue weighted by Crippen LogP contribution is -2.50. The van der Waals surface area contributed by atoms with E-state index in [1.54, 1.807) is 23.7 Å². The van der Waals surface area contributed by atoms with Crippen LogP contribution in [0.1, 0.15) is 20.8 Å². The van der Waals surface area contributed by atoms with Gasteiger partial charge >= 0.3 is 6.09 Å². The largest absolute Gasteiger partial charge is 0.453 e. The molecule has 9 heteroatoms. The third kappa shape index (κ3) is 5.07. The molecule has 2 aromatic carbocycles. The Morgan fingerprint density at radius 1 is 1.18 bits per heavy atom. The average Bonchev–Trinajstić information content (AvgIpc) is 2.77. The lowest BCUT2D eigenvalue weighted by molar-refractivity contribution is 0.0541. The normalized spacial score (nSPS) is 12.3.